The Labute approximate surface area is 155 Å². The van der Waals surface area contributed by atoms with Crippen LogP contribution in [0.4, 0.5) is 5.69 Å². The van der Waals surface area contributed by atoms with E-state index >= 15 is 0 Å². The van der Waals surface area contributed by atoms with Crippen molar-refractivity contribution in [1.82, 2.24) is 25.1 Å². The quantitative estimate of drug-likeness (QED) is 0.770. The average Bonchev–Trinajstić information content (AvgIpc) is 3.05. The molecule has 0 radical (unpaired) electrons. The number of aromatic nitrogens is 4. The molecule has 26 heavy (non-hydrogen) atoms. The van der Waals surface area contributed by atoms with E-state index in [0.29, 0.717) is 36.1 Å². The van der Waals surface area contributed by atoms with Crippen molar-refractivity contribution in [3.63, 3.8) is 0 Å². The van der Waals surface area contributed by atoms with Gasteiger partial charge in [-0.3, -0.25) is 9.59 Å². The molecule has 1 unspecified atom stereocenters. The van der Waals surface area contributed by atoms with Gasteiger partial charge in [-0.2, -0.15) is 0 Å². The van der Waals surface area contributed by atoms with Crippen molar-refractivity contribution in [2.45, 2.75) is 18.2 Å². The van der Waals surface area contributed by atoms with Gasteiger partial charge in [0, 0.05) is 31.4 Å². The predicted molar refractivity (Wildman–Crippen MR) is 95.9 cm³/mol. The number of carbonyl (C=O) groups excluding carboxylic acids is 2. The maximum atomic E-state index is 12.5. The molecule has 0 aliphatic carbocycles. The van der Waals surface area contributed by atoms with Gasteiger partial charge in [0.2, 0.25) is 11.1 Å². The molecule has 3 rings (SSSR count). The molecule has 1 aliphatic rings. The number of anilines is 1. The van der Waals surface area contributed by atoms with Crippen LogP contribution in [0.25, 0.3) is 0 Å². The second-order valence-corrected chi connectivity index (χ2v) is 6.87. The van der Waals surface area contributed by atoms with Gasteiger partial charge in [-0.25, -0.2) is 4.68 Å². The highest BCUT2D eigenvalue weighted by atomic mass is 32.2. The van der Waals surface area contributed by atoms with Gasteiger partial charge in [-0.05, 0) is 41.6 Å². The van der Waals surface area contributed by atoms with E-state index in [2.05, 4.69) is 20.8 Å². The maximum Gasteiger partial charge on any atom is 0.254 e. The van der Waals surface area contributed by atoms with E-state index in [1.807, 2.05) is 6.92 Å². The lowest BCUT2D eigenvalue weighted by atomic mass is 10.1. The van der Waals surface area contributed by atoms with E-state index in [-0.39, 0.29) is 23.7 Å². The van der Waals surface area contributed by atoms with Gasteiger partial charge in [-0.15, -0.1) is 5.10 Å². The first kappa shape index (κ1) is 18.3. The first-order valence-electron chi connectivity index (χ1n) is 8.19. The van der Waals surface area contributed by atoms with Gasteiger partial charge < -0.3 is 15.0 Å². The highest BCUT2D eigenvalue weighted by Crippen LogP contribution is 2.16. The van der Waals surface area contributed by atoms with Gasteiger partial charge in [0.1, 0.15) is 0 Å². The van der Waals surface area contributed by atoms with Gasteiger partial charge >= 0.3 is 0 Å². The number of tetrazole rings is 1. The summed E-state index contributed by atoms with van der Waals surface area (Å²) in [5, 5.41) is 14.4. The van der Waals surface area contributed by atoms with Gasteiger partial charge in [0.05, 0.1) is 18.5 Å². The third-order valence-electron chi connectivity index (χ3n) is 3.86. The standard InChI is InChI=1S/C16H20N6O3S/c1-11-9-22(7-8-25-11)15(24)12-3-5-13(6-4-12)17-14(23)10-26-16-18-19-20-21(16)2/h3-6,11H,7-10H2,1-2H3,(H,17,23). The number of benzene rings is 1. The zero-order chi connectivity index (χ0) is 18.5. The van der Waals surface area contributed by atoms with E-state index in [9.17, 15) is 9.59 Å². The first-order valence-corrected chi connectivity index (χ1v) is 9.17. The average molecular weight is 376 g/mol. The Morgan fingerprint density at radius 3 is 2.77 bits per heavy atom. The Morgan fingerprint density at radius 2 is 2.12 bits per heavy atom. The van der Waals surface area contributed by atoms with Crippen LogP contribution < -0.4 is 5.32 Å². The van der Waals surface area contributed by atoms with Crippen LogP contribution in [0.2, 0.25) is 0 Å². The summed E-state index contributed by atoms with van der Waals surface area (Å²) in [5.41, 5.74) is 1.23. The van der Waals surface area contributed by atoms with Crippen LogP contribution >= 0.6 is 11.8 Å². The highest BCUT2D eigenvalue weighted by molar-refractivity contribution is 7.99. The van der Waals surface area contributed by atoms with Crippen LogP contribution in [-0.4, -0.2) is 68.5 Å². The van der Waals surface area contributed by atoms with E-state index < -0.39 is 0 Å². The second-order valence-electron chi connectivity index (χ2n) is 5.93. The van der Waals surface area contributed by atoms with Crippen molar-refractivity contribution in [2.75, 3.05) is 30.8 Å². The molecule has 1 fully saturated rings. The molecule has 138 valence electrons. The predicted octanol–water partition coefficient (Wildman–Crippen LogP) is 0.802. The lowest BCUT2D eigenvalue weighted by molar-refractivity contribution is -0.113. The molecule has 2 heterocycles. The van der Waals surface area contributed by atoms with Crippen LogP contribution in [0.15, 0.2) is 29.4 Å². The summed E-state index contributed by atoms with van der Waals surface area (Å²) in [6.07, 6.45) is 0.0490. The normalized spacial score (nSPS) is 17.2. The van der Waals surface area contributed by atoms with Crippen LogP contribution in [0, 0.1) is 0 Å². The number of aryl methyl sites for hydroxylation is 1. The van der Waals surface area contributed by atoms with Crippen LogP contribution in [0.1, 0.15) is 17.3 Å². The lowest BCUT2D eigenvalue weighted by Crippen LogP contribution is -2.44. The Bertz CT molecular complexity index is 779. The summed E-state index contributed by atoms with van der Waals surface area (Å²) in [7, 11) is 1.71. The molecule has 1 aliphatic heterocycles. The molecule has 1 aromatic heterocycles. The van der Waals surface area contributed by atoms with Crippen molar-refractivity contribution in [1.29, 1.82) is 0 Å². The third kappa shape index (κ3) is 4.58. The molecule has 2 aromatic rings. The lowest BCUT2D eigenvalue weighted by Gasteiger charge is -2.31. The van der Waals surface area contributed by atoms with E-state index in [1.54, 1.807) is 36.2 Å². The van der Waals surface area contributed by atoms with E-state index in [0.717, 1.165) is 0 Å². The van der Waals surface area contributed by atoms with Crippen LogP contribution in [0.3, 0.4) is 0 Å². The van der Waals surface area contributed by atoms with Crippen molar-refractivity contribution in [2.24, 2.45) is 7.05 Å². The molecule has 1 atom stereocenters. The zero-order valence-electron chi connectivity index (χ0n) is 14.6. The second kappa shape index (κ2) is 8.28. The monoisotopic (exact) mass is 376 g/mol. The molecule has 9 nitrogen and oxygen atoms in total. The van der Waals surface area contributed by atoms with Gasteiger partial charge in [-0.1, -0.05) is 11.8 Å². The number of nitrogens with one attached hydrogen (secondary N) is 1. The van der Waals surface area contributed by atoms with Crippen LogP contribution in [-0.2, 0) is 16.6 Å². The SMILES string of the molecule is CC1CN(C(=O)c2ccc(NC(=O)CSc3nnnn3C)cc2)CCO1. The van der Waals surface area contributed by atoms with Crippen molar-refractivity contribution in [3.05, 3.63) is 29.8 Å². The molecule has 1 N–H and O–H groups in total. The fourth-order valence-corrected chi connectivity index (χ4v) is 3.20. The molecule has 2 amide bonds. The Morgan fingerprint density at radius 1 is 1.35 bits per heavy atom. The first-order chi connectivity index (χ1) is 12.5. The number of carbonyl (C=O) groups is 2. The largest absolute Gasteiger partial charge is 0.375 e. The number of rotatable bonds is 5. The topological polar surface area (TPSA) is 102 Å². The van der Waals surface area contributed by atoms with Crippen molar-refractivity contribution in [3.8, 4) is 0 Å². The minimum atomic E-state index is -0.168. The summed E-state index contributed by atoms with van der Waals surface area (Å²) in [5.74, 6) is 0.00282. The molecule has 10 heteroatoms. The van der Waals surface area contributed by atoms with Gasteiger partial charge in [0.25, 0.3) is 5.91 Å². The molecule has 1 aromatic carbocycles. The van der Waals surface area contributed by atoms with Crippen molar-refractivity contribution >= 4 is 29.3 Å². The number of hydrogen-bond donors (Lipinski definition) is 1. The highest BCUT2D eigenvalue weighted by Gasteiger charge is 2.22. The molecular weight excluding hydrogens is 356 g/mol. The molecular formula is C16H20N6O3S. The van der Waals surface area contributed by atoms with E-state index in [4.69, 9.17) is 4.74 Å². The number of thioether (sulfide) groups is 1. The minimum absolute atomic E-state index is 0.0247. The number of morpholine rings is 1. The molecule has 0 saturated carbocycles. The summed E-state index contributed by atoms with van der Waals surface area (Å²) in [6, 6.07) is 6.89. The molecule has 0 bridgehead atoms. The smallest absolute Gasteiger partial charge is 0.254 e. The van der Waals surface area contributed by atoms with Crippen molar-refractivity contribution < 1.29 is 14.3 Å². The van der Waals surface area contributed by atoms with E-state index in [1.165, 1.54) is 16.4 Å². The number of amides is 2. The number of hydrogen-bond acceptors (Lipinski definition) is 7. The Kier molecular flexibility index (Phi) is 5.84. The number of ether oxygens (including phenoxy) is 1. The maximum absolute atomic E-state index is 12.5. The minimum Gasteiger partial charge on any atom is -0.375 e. The summed E-state index contributed by atoms with van der Waals surface area (Å²) < 4.78 is 6.96. The summed E-state index contributed by atoms with van der Waals surface area (Å²) >= 11 is 1.25. The Hall–Kier alpha value is -2.46. The third-order valence-corrected chi connectivity index (χ3v) is 4.87. The summed E-state index contributed by atoms with van der Waals surface area (Å²) in [6.45, 7) is 3.69. The molecule has 1 saturated heterocycles. The number of nitrogens with zero attached hydrogens (tertiary/aromatic N) is 5. The van der Waals surface area contributed by atoms with Crippen LogP contribution in [0.5, 0.6) is 0 Å². The fraction of sp³-hybridized carbons (Fsp3) is 0.438. The Balaban J connectivity index is 1.53. The summed E-state index contributed by atoms with van der Waals surface area (Å²) in [4.78, 5) is 26.3. The zero-order valence-corrected chi connectivity index (χ0v) is 15.4. The molecule has 0 spiro atoms. The van der Waals surface area contributed by atoms with Gasteiger partial charge in [0.15, 0.2) is 0 Å². The fourth-order valence-electron chi connectivity index (χ4n) is 2.55.